The van der Waals surface area contributed by atoms with Crippen molar-refractivity contribution in [3.05, 3.63) is 65.7 Å². The van der Waals surface area contributed by atoms with Gasteiger partial charge in [-0.25, -0.2) is 8.78 Å². The summed E-state index contributed by atoms with van der Waals surface area (Å²) in [7, 11) is 0. The van der Waals surface area contributed by atoms with Gasteiger partial charge in [-0.3, -0.25) is 0 Å². The van der Waals surface area contributed by atoms with Crippen LogP contribution in [0.15, 0.2) is 48.5 Å². The highest BCUT2D eigenvalue weighted by Gasteiger charge is 2.01. The van der Waals surface area contributed by atoms with Crippen LogP contribution in [0.25, 0.3) is 0 Å². The molecule has 0 bridgehead atoms. The van der Waals surface area contributed by atoms with Crippen molar-refractivity contribution in [3.63, 3.8) is 0 Å². The quantitative estimate of drug-likeness (QED) is 0.768. The van der Waals surface area contributed by atoms with Gasteiger partial charge in [0.2, 0.25) is 0 Å². The van der Waals surface area contributed by atoms with Gasteiger partial charge in [-0.2, -0.15) is 0 Å². The standard InChI is InChI=1S/C13H10F2O/c14-11-6-10(7-12(15)8-11)9-16-13-4-2-1-3-5-13/h1-8H,9H2. The van der Waals surface area contributed by atoms with Gasteiger partial charge in [-0.15, -0.1) is 0 Å². The van der Waals surface area contributed by atoms with Crippen LogP contribution >= 0.6 is 0 Å². The van der Waals surface area contributed by atoms with Gasteiger partial charge < -0.3 is 4.74 Å². The molecule has 2 aromatic carbocycles. The predicted molar refractivity (Wildman–Crippen MR) is 57.1 cm³/mol. The van der Waals surface area contributed by atoms with Gasteiger partial charge in [0.05, 0.1) is 0 Å². The lowest BCUT2D eigenvalue weighted by atomic mass is 10.2. The van der Waals surface area contributed by atoms with Crippen LogP contribution < -0.4 is 4.74 Å². The Morgan fingerprint density at radius 3 is 2.12 bits per heavy atom. The minimum absolute atomic E-state index is 0.151. The van der Waals surface area contributed by atoms with Crippen molar-refractivity contribution in [3.8, 4) is 5.75 Å². The second-order valence-corrected chi connectivity index (χ2v) is 3.38. The Hall–Kier alpha value is -1.90. The molecule has 0 saturated heterocycles. The van der Waals surface area contributed by atoms with Crippen LogP contribution in [0, 0.1) is 11.6 Å². The van der Waals surface area contributed by atoms with E-state index in [1.54, 1.807) is 12.1 Å². The van der Waals surface area contributed by atoms with Gasteiger partial charge in [-0.05, 0) is 29.8 Å². The first-order valence-corrected chi connectivity index (χ1v) is 4.87. The maximum absolute atomic E-state index is 12.9. The van der Waals surface area contributed by atoms with Gasteiger partial charge in [0.25, 0.3) is 0 Å². The summed E-state index contributed by atoms with van der Waals surface area (Å²) in [4.78, 5) is 0. The number of para-hydroxylation sites is 1. The first-order chi connectivity index (χ1) is 7.74. The molecule has 0 saturated carbocycles. The number of rotatable bonds is 3. The molecule has 0 aliphatic rings. The van der Waals surface area contributed by atoms with Crippen LogP contribution in [0.5, 0.6) is 5.75 Å². The molecule has 2 rings (SSSR count). The van der Waals surface area contributed by atoms with E-state index in [1.807, 2.05) is 18.2 Å². The summed E-state index contributed by atoms with van der Waals surface area (Å²) in [6.45, 7) is 0.151. The molecule has 0 aliphatic carbocycles. The molecule has 0 aromatic heterocycles. The Morgan fingerprint density at radius 2 is 1.50 bits per heavy atom. The SMILES string of the molecule is Fc1cc(F)cc(COc2ccccc2)c1. The largest absolute Gasteiger partial charge is 0.489 e. The monoisotopic (exact) mass is 220 g/mol. The Balaban J connectivity index is 2.05. The topological polar surface area (TPSA) is 9.23 Å². The summed E-state index contributed by atoms with van der Waals surface area (Å²) < 4.78 is 31.1. The lowest BCUT2D eigenvalue weighted by molar-refractivity contribution is 0.305. The van der Waals surface area contributed by atoms with E-state index in [0.29, 0.717) is 11.3 Å². The maximum atomic E-state index is 12.9. The lowest BCUT2D eigenvalue weighted by Crippen LogP contribution is -1.96. The van der Waals surface area contributed by atoms with Crippen molar-refractivity contribution in [1.29, 1.82) is 0 Å². The number of hydrogen-bond donors (Lipinski definition) is 0. The van der Waals surface area contributed by atoms with Crippen LogP contribution in [-0.2, 0) is 6.61 Å². The fourth-order valence-electron chi connectivity index (χ4n) is 1.38. The second-order valence-electron chi connectivity index (χ2n) is 3.38. The molecule has 0 aliphatic heterocycles. The molecule has 0 N–H and O–H groups in total. The Morgan fingerprint density at radius 1 is 0.875 bits per heavy atom. The van der Waals surface area contributed by atoms with Crippen molar-refractivity contribution >= 4 is 0 Å². The third-order valence-electron chi connectivity index (χ3n) is 2.07. The van der Waals surface area contributed by atoms with Gasteiger partial charge in [-0.1, -0.05) is 18.2 Å². The van der Waals surface area contributed by atoms with Crippen molar-refractivity contribution in [2.45, 2.75) is 6.61 Å². The fourth-order valence-corrected chi connectivity index (χ4v) is 1.38. The summed E-state index contributed by atoms with van der Waals surface area (Å²) in [5.74, 6) is -0.509. The molecule has 0 atom stereocenters. The molecule has 0 fully saturated rings. The second kappa shape index (κ2) is 4.75. The minimum atomic E-state index is -0.591. The zero-order valence-electron chi connectivity index (χ0n) is 8.49. The number of benzene rings is 2. The average Bonchev–Trinajstić information content (AvgIpc) is 2.27. The van der Waals surface area contributed by atoms with Crippen molar-refractivity contribution < 1.29 is 13.5 Å². The van der Waals surface area contributed by atoms with Crippen molar-refractivity contribution in [2.24, 2.45) is 0 Å². The van der Waals surface area contributed by atoms with E-state index in [4.69, 9.17) is 4.74 Å². The first kappa shape index (κ1) is 10.6. The van der Waals surface area contributed by atoms with Crippen LogP contribution in [0.4, 0.5) is 8.78 Å². The Bertz CT molecular complexity index is 448. The minimum Gasteiger partial charge on any atom is -0.489 e. The molecule has 0 unspecified atom stereocenters. The van der Waals surface area contributed by atoms with Crippen LogP contribution in [-0.4, -0.2) is 0 Å². The van der Waals surface area contributed by atoms with E-state index in [-0.39, 0.29) is 6.61 Å². The normalized spacial score (nSPS) is 10.1. The molecule has 1 nitrogen and oxygen atoms in total. The van der Waals surface area contributed by atoms with E-state index in [2.05, 4.69) is 0 Å². The van der Waals surface area contributed by atoms with Gasteiger partial charge in [0, 0.05) is 6.07 Å². The van der Waals surface area contributed by atoms with Gasteiger partial charge in [0.15, 0.2) is 0 Å². The summed E-state index contributed by atoms with van der Waals surface area (Å²) in [5.41, 5.74) is 0.473. The summed E-state index contributed by atoms with van der Waals surface area (Å²) in [5, 5.41) is 0. The molecule has 0 heterocycles. The highest BCUT2D eigenvalue weighted by atomic mass is 19.1. The van der Waals surface area contributed by atoms with Crippen LogP contribution in [0.2, 0.25) is 0 Å². The Kier molecular flexibility index (Phi) is 3.15. The molecule has 0 radical (unpaired) electrons. The third-order valence-corrected chi connectivity index (χ3v) is 2.07. The summed E-state index contributed by atoms with van der Waals surface area (Å²) in [6.07, 6.45) is 0. The predicted octanol–water partition coefficient (Wildman–Crippen LogP) is 3.54. The molecular weight excluding hydrogens is 210 g/mol. The summed E-state index contributed by atoms with van der Waals surface area (Å²) >= 11 is 0. The zero-order chi connectivity index (χ0) is 11.4. The third kappa shape index (κ3) is 2.79. The molecule has 3 heteroatoms. The van der Waals surface area contributed by atoms with E-state index in [9.17, 15) is 8.78 Å². The molecular formula is C13H10F2O. The number of ether oxygens (including phenoxy) is 1. The van der Waals surface area contributed by atoms with E-state index in [0.717, 1.165) is 6.07 Å². The number of halogens is 2. The lowest BCUT2D eigenvalue weighted by Gasteiger charge is -2.06. The average molecular weight is 220 g/mol. The zero-order valence-corrected chi connectivity index (χ0v) is 8.49. The van der Waals surface area contributed by atoms with Crippen molar-refractivity contribution in [1.82, 2.24) is 0 Å². The van der Waals surface area contributed by atoms with Gasteiger partial charge >= 0.3 is 0 Å². The van der Waals surface area contributed by atoms with Gasteiger partial charge in [0.1, 0.15) is 24.0 Å². The molecule has 2 aromatic rings. The van der Waals surface area contributed by atoms with E-state index in [1.165, 1.54) is 12.1 Å². The van der Waals surface area contributed by atoms with Crippen molar-refractivity contribution in [2.75, 3.05) is 0 Å². The molecule has 82 valence electrons. The fraction of sp³-hybridized carbons (Fsp3) is 0.0769. The molecule has 16 heavy (non-hydrogen) atoms. The van der Waals surface area contributed by atoms with Crippen LogP contribution in [0.1, 0.15) is 5.56 Å². The highest BCUT2D eigenvalue weighted by Crippen LogP contribution is 2.13. The molecule has 0 amide bonds. The Labute approximate surface area is 92.3 Å². The van der Waals surface area contributed by atoms with E-state index >= 15 is 0 Å². The smallest absolute Gasteiger partial charge is 0.126 e. The summed E-state index contributed by atoms with van der Waals surface area (Å²) in [6, 6.07) is 12.5. The molecule has 0 spiro atoms. The first-order valence-electron chi connectivity index (χ1n) is 4.87. The van der Waals surface area contributed by atoms with E-state index < -0.39 is 11.6 Å². The number of hydrogen-bond acceptors (Lipinski definition) is 1. The van der Waals surface area contributed by atoms with Crippen LogP contribution in [0.3, 0.4) is 0 Å². The highest BCUT2D eigenvalue weighted by molar-refractivity contribution is 5.22. The maximum Gasteiger partial charge on any atom is 0.126 e.